The summed E-state index contributed by atoms with van der Waals surface area (Å²) < 4.78 is 5.46. The van der Waals surface area contributed by atoms with E-state index in [2.05, 4.69) is 4.99 Å². The van der Waals surface area contributed by atoms with Crippen LogP contribution in [-0.2, 0) is 14.3 Å². The van der Waals surface area contributed by atoms with E-state index < -0.39 is 5.92 Å². The van der Waals surface area contributed by atoms with Gasteiger partial charge in [0.1, 0.15) is 11.5 Å². The van der Waals surface area contributed by atoms with E-state index in [9.17, 15) is 9.59 Å². The Morgan fingerprint density at radius 2 is 2.05 bits per heavy atom. The second kappa shape index (κ2) is 5.59. The third-order valence-electron chi connectivity index (χ3n) is 2.95. The summed E-state index contributed by atoms with van der Waals surface area (Å²) in [5.74, 6) is -1.05. The van der Waals surface area contributed by atoms with Gasteiger partial charge in [-0.2, -0.15) is 0 Å². The zero-order valence-corrected chi connectivity index (χ0v) is 12.2. The maximum absolute atomic E-state index is 11.9. The second-order valence-corrected chi connectivity index (χ2v) is 5.12. The maximum atomic E-state index is 11.9. The molecule has 0 spiro atoms. The molecule has 104 valence electrons. The predicted molar refractivity (Wildman–Crippen MR) is 77.3 cm³/mol. The minimum Gasteiger partial charge on any atom is -0.446 e. The van der Waals surface area contributed by atoms with Crippen molar-refractivity contribution in [2.75, 3.05) is 0 Å². The SMILES string of the molecule is CC(=O)C1C(=O)C=C(C)OC1=Nc1cc(Cl)ccc1C. The van der Waals surface area contributed by atoms with E-state index in [4.69, 9.17) is 16.3 Å². The summed E-state index contributed by atoms with van der Waals surface area (Å²) >= 11 is 5.94. The molecule has 0 N–H and O–H groups in total. The molecule has 0 radical (unpaired) electrons. The highest BCUT2D eigenvalue weighted by Crippen LogP contribution is 2.26. The molecule has 1 aromatic rings. The highest BCUT2D eigenvalue weighted by atomic mass is 35.5. The maximum Gasteiger partial charge on any atom is 0.213 e. The van der Waals surface area contributed by atoms with E-state index in [-0.39, 0.29) is 17.5 Å². The van der Waals surface area contributed by atoms with Crippen LogP contribution in [0.2, 0.25) is 5.02 Å². The number of hydrogen-bond donors (Lipinski definition) is 0. The van der Waals surface area contributed by atoms with Crippen LogP contribution in [0.1, 0.15) is 19.4 Å². The van der Waals surface area contributed by atoms with Gasteiger partial charge < -0.3 is 4.74 Å². The van der Waals surface area contributed by atoms with Crippen molar-refractivity contribution < 1.29 is 14.3 Å². The van der Waals surface area contributed by atoms with E-state index in [0.717, 1.165) is 5.56 Å². The summed E-state index contributed by atoms with van der Waals surface area (Å²) in [5, 5.41) is 0.531. The Labute approximate surface area is 122 Å². The summed E-state index contributed by atoms with van der Waals surface area (Å²) in [7, 11) is 0. The third kappa shape index (κ3) is 2.96. The van der Waals surface area contributed by atoms with Crippen LogP contribution in [0.5, 0.6) is 0 Å². The molecule has 1 atom stereocenters. The second-order valence-electron chi connectivity index (χ2n) is 4.68. The van der Waals surface area contributed by atoms with Crippen molar-refractivity contribution in [1.82, 2.24) is 0 Å². The van der Waals surface area contributed by atoms with Gasteiger partial charge in [0, 0.05) is 11.1 Å². The Balaban J connectivity index is 2.50. The molecule has 1 aliphatic heterocycles. The van der Waals surface area contributed by atoms with Gasteiger partial charge in [0.15, 0.2) is 11.7 Å². The first kappa shape index (κ1) is 14.5. The van der Waals surface area contributed by atoms with E-state index in [1.807, 2.05) is 13.0 Å². The number of halogens is 1. The molecule has 0 saturated heterocycles. The van der Waals surface area contributed by atoms with Crippen LogP contribution in [0.25, 0.3) is 0 Å². The number of carbonyl (C=O) groups is 2. The van der Waals surface area contributed by atoms with Crippen molar-refractivity contribution in [1.29, 1.82) is 0 Å². The van der Waals surface area contributed by atoms with Crippen molar-refractivity contribution in [2.45, 2.75) is 20.8 Å². The number of aliphatic imine (C=N–C) groups is 1. The summed E-state index contributed by atoms with van der Waals surface area (Å²) in [6.07, 6.45) is 1.32. The van der Waals surface area contributed by atoms with Crippen LogP contribution in [0.4, 0.5) is 5.69 Å². The zero-order valence-electron chi connectivity index (χ0n) is 11.4. The number of carbonyl (C=O) groups excluding carboxylic acids is 2. The van der Waals surface area contributed by atoms with Crippen molar-refractivity contribution in [3.05, 3.63) is 40.6 Å². The smallest absolute Gasteiger partial charge is 0.213 e. The molecule has 1 unspecified atom stereocenters. The molecule has 0 aromatic heterocycles. The van der Waals surface area contributed by atoms with Crippen LogP contribution >= 0.6 is 11.6 Å². The van der Waals surface area contributed by atoms with Crippen LogP contribution in [-0.4, -0.2) is 17.5 Å². The van der Waals surface area contributed by atoms with Gasteiger partial charge in [-0.05, 0) is 38.5 Å². The highest BCUT2D eigenvalue weighted by molar-refractivity contribution is 6.31. The number of allylic oxidation sites excluding steroid dienone is 2. The van der Waals surface area contributed by atoms with Crippen molar-refractivity contribution in [3.8, 4) is 0 Å². The Morgan fingerprint density at radius 1 is 1.35 bits per heavy atom. The van der Waals surface area contributed by atoms with Gasteiger partial charge in [-0.3, -0.25) is 9.59 Å². The predicted octanol–water partition coefficient (Wildman–Crippen LogP) is 3.39. The Bertz CT molecular complexity index is 647. The molecule has 0 amide bonds. The number of nitrogens with zero attached hydrogens (tertiary/aromatic N) is 1. The topological polar surface area (TPSA) is 55.7 Å². The summed E-state index contributed by atoms with van der Waals surface area (Å²) in [4.78, 5) is 27.9. The van der Waals surface area contributed by atoms with Gasteiger partial charge in [0.25, 0.3) is 0 Å². The van der Waals surface area contributed by atoms with E-state index >= 15 is 0 Å². The lowest BCUT2D eigenvalue weighted by molar-refractivity contribution is -0.127. The molecule has 0 bridgehead atoms. The number of ether oxygens (including phenoxy) is 1. The fourth-order valence-electron chi connectivity index (χ4n) is 1.94. The minimum atomic E-state index is -0.975. The molecular weight excluding hydrogens is 278 g/mol. The zero-order chi connectivity index (χ0) is 14.9. The fourth-order valence-corrected chi connectivity index (χ4v) is 2.11. The average molecular weight is 292 g/mol. The summed E-state index contributed by atoms with van der Waals surface area (Å²) in [5.41, 5.74) is 1.47. The molecule has 20 heavy (non-hydrogen) atoms. The lowest BCUT2D eigenvalue weighted by Gasteiger charge is -2.20. The normalized spacial score (nSPS) is 20.6. The van der Waals surface area contributed by atoms with Crippen molar-refractivity contribution in [2.24, 2.45) is 10.9 Å². The molecule has 2 rings (SSSR count). The molecule has 0 fully saturated rings. The molecule has 0 saturated carbocycles. The minimum absolute atomic E-state index is 0.105. The molecule has 1 aromatic carbocycles. The van der Waals surface area contributed by atoms with Gasteiger partial charge in [-0.1, -0.05) is 17.7 Å². The summed E-state index contributed by atoms with van der Waals surface area (Å²) in [6, 6.07) is 5.24. The molecule has 1 aliphatic rings. The van der Waals surface area contributed by atoms with E-state index in [0.29, 0.717) is 16.5 Å². The van der Waals surface area contributed by atoms with Crippen molar-refractivity contribution >= 4 is 34.8 Å². The lowest BCUT2D eigenvalue weighted by Crippen LogP contribution is -2.34. The Kier molecular flexibility index (Phi) is 4.04. The number of hydrogen-bond acceptors (Lipinski definition) is 4. The lowest BCUT2D eigenvalue weighted by atomic mass is 9.97. The molecule has 1 heterocycles. The average Bonchev–Trinajstić information content (AvgIpc) is 2.32. The first-order valence-corrected chi connectivity index (χ1v) is 6.51. The van der Waals surface area contributed by atoms with E-state index in [1.54, 1.807) is 19.1 Å². The number of rotatable bonds is 2. The number of ketones is 2. The van der Waals surface area contributed by atoms with Crippen LogP contribution in [0, 0.1) is 12.8 Å². The van der Waals surface area contributed by atoms with Crippen molar-refractivity contribution in [3.63, 3.8) is 0 Å². The number of Topliss-reactive ketones (excluding diaryl/α,β-unsaturated/α-hetero) is 1. The van der Waals surface area contributed by atoms with Crippen LogP contribution < -0.4 is 0 Å². The standard InChI is InChI=1S/C15H14ClNO3/c1-8-4-5-11(16)7-12(8)17-15-14(10(3)18)13(19)6-9(2)20-15/h4-7,14H,1-3H3. The first-order valence-electron chi connectivity index (χ1n) is 6.13. The summed E-state index contributed by atoms with van der Waals surface area (Å²) in [6.45, 7) is 4.86. The van der Waals surface area contributed by atoms with Crippen LogP contribution in [0.3, 0.4) is 0 Å². The molecule has 0 aliphatic carbocycles. The van der Waals surface area contributed by atoms with Gasteiger partial charge in [-0.25, -0.2) is 4.99 Å². The molecular formula is C15H14ClNO3. The Hall–Kier alpha value is -1.94. The van der Waals surface area contributed by atoms with E-state index in [1.165, 1.54) is 13.0 Å². The largest absolute Gasteiger partial charge is 0.446 e. The number of benzene rings is 1. The fraction of sp³-hybridized carbons (Fsp3) is 0.267. The number of aryl methyl sites for hydroxylation is 1. The molecule has 5 heteroatoms. The third-order valence-corrected chi connectivity index (χ3v) is 3.19. The molecule has 4 nitrogen and oxygen atoms in total. The quantitative estimate of drug-likeness (QED) is 0.785. The van der Waals surface area contributed by atoms with Gasteiger partial charge in [0.05, 0.1) is 5.69 Å². The van der Waals surface area contributed by atoms with Crippen LogP contribution in [0.15, 0.2) is 35.0 Å². The van der Waals surface area contributed by atoms with Gasteiger partial charge in [0.2, 0.25) is 5.90 Å². The first-order chi connectivity index (χ1) is 9.38. The highest BCUT2D eigenvalue weighted by Gasteiger charge is 2.33. The Morgan fingerprint density at radius 3 is 2.70 bits per heavy atom. The van der Waals surface area contributed by atoms with Gasteiger partial charge >= 0.3 is 0 Å². The van der Waals surface area contributed by atoms with Gasteiger partial charge in [-0.15, -0.1) is 0 Å². The monoisotopic (exact) mass is 291 g/mol.